The molecule has 0 unspecified atom stereocenters. The molecule has 0 spiro atoms. The molecule has 0 radical (unpaired) electrons. The highest BCUT2D eigenvalue weighted by molar-refractivity contribution is 5.81. The van der Waals surface area contributed by atoms with Crippen molar-refractivity contribution in [1.82, 2.24) is 10.2 Å². The topological polar surface area (TPSA) is 48.7 Å². The van der Waals surface area contributed by atoms with Crippen molar-refractivity contribution in [2.75, 3.05) is 37.6 Å². The smallest absolute Gasteiger partial charge is 0.225 e. The second kappa shape index (κ2) is 8.13. The van der Waals surface area contributed by atoms with Crippen LogP contribution in [0.4, 0.5) is 10.1 Å². The van der Waals surface area contributed by atoms with Gasteiger partial charge in [-0.05, 0) is 36.4 Å². The van der Waals surface area contributed by atoms with Gasteiger partial charge in [0.2, 0.25) is 5.91 Å². The number of hydrogen-bond donors (Lipinski definition) is 1. The zero-order chi connectivity index (χ0) is 19.4. The summed E-state index contributed by atoms with van der Waals surface area (Å²) in [6.07, 6.45) is 1.67. The summed E-state index contributed by atoms with van der Waals surface area (Å²) in [6, 6.07) is 10.5. The lowest BCUT2D eigenvalue weighted by Gasteiger charge is -2.39. The van der Waals surface area contributed by atoms with Gasteiger partial charge in [-0.25, -0.2) is 4.39 Å². The average molecular weight is 373 g/mol. The molecule has 0 bridgehead atoms. The predicted molar refractivity (Wildman–Crippen MR) is 104 cm³/mol. The highest BCUT2D eigenvalue weighted by Gasteiger charge is 2.29. The minimum Gasteiger partial charge on any atom is -0.468 e. The minimum atomic E-state index is -0.422. The quantitative estimate of drug-likeness (QED) is 0.872. The zero-order valence-corrected chi connectivity index (χ0v) is 16.2. The Labute approximate surface area is 160 Å². The maximum atomic E-state index is 13.1. The number of rotatable bonds is 5. The van der Waals surface area contributed by atoms with Crippen molar-refractivity contribution in [3.63, 3.8) is 0 Å². The van der Waals surface area contributed by atoms with E-state index in [1.54, 1.807) is 6.26 Å². The number of anilines is 1. The largest absolute Gasteiger partial charge is 0.468 e. The first-order chi connectivity index (χ1) is 12.8. The van der Waals surface area contributed by atoms with Gasteiger partial charge in [-0.3, -0.25) is 9.69 Å². The summed E-state index contributed by atoms with van der Waals surface area (Å²) < 4.78 is 18.8. The van der Waals surface area contributed by atoms with E-state index in [0.717, 1.165) is 37.6 Å². The van der Waals surface area contributed by atoms with Gasteiger partial charge < -0.3 is 14.6 Å². The van der Waals surface area contributed by atoms with Gasteiger partial charge in [-0.1, -0.05) is 20.8 Å². The third-order valence-electron chi connectivity index (χ3n) is 4.96. The number of amides is 1. The zero-order valence-electron chi connectivity index (χ0n) is 16.2. The second-order valence-corrected chi connectivity index (χ2v) is 7.99. The summed E-state index contributed by atoms with van der Waals surface area (Å²) in [7, 11) is 0. The van der Waals surface area contributed by atoms with E-state index in [-0.39, 0.29) is 17.8 Å². The number of hydrogen-bond acceptors (Lipinski definition) is 4. The van der Waals surface area contributed by atoms with Crippen LogP contribution in [-0.2, 0) is 4.79 Å². The number of benzene rings is 1. The fourth-order valence-corrected chi connectivity index (χ4v) is 3.29. The Bertz CT molecular complexity index is 730. The molecule has 5 nitrogen and oxygen atoms in total. The molecule has 146 valence electrons. The molecular formula is C21H28FN3O2. The summed E-state index contributed by atoms with van der Waals surface area (Å²) in [5, 5.41) is 3.06. The lowest BCUT2D eigenvalue weighted by molar-refractivity contribution is -0.128. The first-order valence-electron chi connectivity index (χ1n) is 9.41. The van der Waals surface area contributed by atoms with Crippen LogP contribution in [0.3, 0.4) is 0 Å². The van der Waals surface area contributed by atoms with Crippen molar-refractivity contribution in [2.45, 2.75) is 26.8 Å². The molecule has 1 N–H and O–H groups in total. The van der Waals surface area contributed by atoms with Gasteiger partial charge in [-0.15, -0.1) is 0 Å². The van der Waals surface area contributed by atoms with Gasteiger partial charge in [-0.2, -0.15) is 0 Å². The molecule has 0 saturated carbocycles. The summed E-state index contributed by atoms with van der Waals surface area (Å²) >= 11 is 0. The maximum Gasteiger partial charge on any atom is 0.225 e. The average Bonchev–Trinajstić information content (AvgIpc) is 3.16. The molecule has 1 saturated heterocycles. The van der Waals surface area contributed by atoms with Gasteiger partial charge in [0.15, 0.2) is 0 Å². The highest BCUT2D eigenvalue weighted by atomic mass is 19.1. The van der Waals surface area contributed by atoms with E-state index in [4.69, 9.17) is 4.42 Å². The molecule has 6 heteroatoms. The van der Waals surface area contributed by atoms with Crippen LogP contribution >= 0.6 is 0 Å². The number of furan rings is 1. The van der Waals surface area contributed by atoms with Crippen molar-refractivity contribution in [3.05, 3.63) is 54.2 Å². The van der Waals surface area contributed by atoms with Crippen LogP contribution in [0.2, 0.25) is 0 Å². The lowest BCUT2D eigenvalue weighted by atomic mass is 9.95. The molecule has 1 amide bonds. The van der Waals surface area contributed by atoms with E-state index < -0.39 is 5.41 Å². The normalized spacial score (nSPS) is 17.0. The molecular weight excluding hydrogens is 345 g/mol. The Balaban J connectivity index is 1.64. The molecule has 2 aromatic rings. The van der Waals surface area contributed by atoms with Gasteiger partial charge in [0.1, 0.15) is 11.6 Å². The first kappa shape index (κ1) is 19.4. The molecule has 1 aromatic carbocycles. The molecule has 1 aliphatic rings. The van der Waals surface area contributed by atoms with E-state index in [1.165, 1.54) is 12.1 Å². The molecule has 27 heavy (non-hydrogen) atoms. The standard InChI is InChI=1S/C21H28FN3O2/c1-21(2,3)20(26)23-15-18(19-5-4-14-27-19)25-12-10-24(11-13-25)17-8-6-16(22)7-9-17/h4-9,14,18H,10-13,15H2,1-3H3,(H,23,26)/t18-/m1/s1. The number of carbonyl (C=O) groups is 1. The van der Waals surface area contributed by atoms with Crippen molar-refractivity contribution >= 4 is 11.6 Å². The van der Waals surface area contributed by atoms with E-state index in [1.807, 2.05) is 45.0 Å². The summed E-state index contributed by atoms with van der Waals surface area (Å²) in [5.74, 6) is 0.674. The van der Waals surface area contributed by atoms with Crippen LogP contribution in [0.25, 0.3) is 0 Å². The van der Waals surface area contributed by atoms with Gasteiger partial charge in [0.25, 0.3) is 0 Å². The van der Waals surface area contributed by atoms with E-state index in [0.29, 0.717) is 6.54 Å². The van der Waals surface area contributed by atoms with Crippen molar-refractivity contribution in [1.29, 1.82) is 0 Å². The molecule has 0 aliphatic carbocycles. The van der Waals surface area contributed by atoms with Crippen LogP contribution in [0.1, 0.15) is 32.6 Å². The van der Waals surface area contributed by atoms with Crippen LogP contribution in [0.15, 0.2) is 47.1 Å². The Morgan fingerprint density at radius 3 is 2.37 bits per heavy atom. The minimum absolute atomic E-state index is 0.00154. The van der Waals surface area contributed by atoms with Crippen LogP contribution in [0.5, 0.6) is 0 Å². The molecule has 1 aromatic heterocycles. The Morgan fingerprint density at radius 2 is 1.81 bits per heavy atom. The summed E-state index contributed by atoms with van der Waals surface area (Å²) in [4.78, 5) is 16.9. The van der Waals surface area contributed by atoms with E-state index >= 15 is 0 Å². The Hall–Kier alpha value is -2.34. The number of halogens is 1. The van der Waals surface area contributed by atoms with E-state index in [9.17, 15) is 9.18 Å². The number of piperazine rings is 1. The molecule has 1 atom stereocenters. The maximum absolute atomic E-state index is 13.1. The lowest BCUT2D eigenvalue weighted by Crippen LogP contribution is -2.50. The van der Waals surface area contributed by atoms with Gasteiger partial charge in [0, 0.05) is 43.8 Å². The SMILES string of the molecule is CC(C)(C)C(=O)NC[C@H](c1ccco1)N1CCN(c2ccc(F)cc2)CC1. The van der Waals surface area contributed by atoms with Crippen molar-refractivity contribution in [3.8, 4) is 0 Å². The fraction of sp³-hybridized carbons (Fsp3) is 0.476. The molecule has 1 fully saturated rings. The van der Waals surface area contributed by atoms with Crippen molar-refractivity contribution < 1.29 is 13.6 Å². The Morgan fingerprint density at radius 1 is 1.15 bits per heavy atom. The third kappa shape index (κ3) is 4.89. The fourth-order valence-electron chi connectivity index (χ4n) is 3.29. The third-order valence-corrected chi connectivity index (χ3v) is 4.96. The summed E-state index contributed by atoms with van der Waals surface area (Å²) in [6.45, 7) is 9.61. The highest BCUT2D eigenvalue weighted by Crippen LogP contribution is 2.25. The monoisotopic (exact) mass is 373 g/mol. The van der Waals surface area contributed by atoms with E-state index in [2.05, 4.69) is 15.1 Å². The summed E-state index contributed by atoms with van der Waals surface area (Å²) in [5.41, 5.74) is 0.612. The van der Waals surface area contributed by atoms with Gasteiger partial charge >= 0.3 is 0 Å². The Kier molecular flexibility index (Phi) is 5.85. The number of carbonyl (C=O) groups excluding carboxylic acids is 1. The first-order valence-corrected chi connectivity index (χ1v) is 9.41. The molecule has 2 heterocycles. The molecule has 1 aliphatic heterocycles. The van der Waals surface area contributed by atoms with Crippen LogP contribution < -0.4 is 10.2 Å². The van der Waals surface area contributed by atoms with Crippen LogP contribution in [-0.4, -0.2) is 43.5 Å². The number of nitrogens with zero attached hydrogens (tertiary/aromatic N) is 2. The van der Waals surface area contributed by atoms with Crippen molar-refractivity contribution in [2.24, 2.45) is 5.41 Å². The van der Waals surface area contributed by atoms with Crippen LogP contribution in [0, 0.1) is 11.2 Å². The second-order valence-electron chi connectivity index (χ2n) is 7.99. The molecule has 3 rings (SSSR count). The predicted octanol–water partition coefficient (Wildman–Crippen LogP) is 3.44. The number of nitrogens with one attached hydrogen (secondary N) is 1. The van der Waals surface area contributed by atoms with Gasteiger partial charge in [0.05, 0.1) is 12.3 Å².